The predicted octanol–water partition coefficient (Wildman–Crippen LogP) is 7.49. The van der Waals surface area contributed by atoms with Crippen LogP contribution in [0.1, 0.15) is 0 Å². The summed E-state index contributed by atoms with van der Waals surface area (Å²) in [5.41, 5.74) is 10.1. The zero-order chi connectivity index (χ0) is 22.7. The van der Waals surface area contributed by atoms with Crippen LogP contribution >= 0.6 is 0 Å². The predicted molar refractivity (Wildman–Crippen MR) is 138 cm³/mol. The number of aromatic nitrogens is 3. The molecular weight excluding hydrogens is 609 g/mol. The van der Waals surface area contributed by atoms with Crippen molar-refractivity contribution in [3.8, 4) is 44.9 Å². The summed E-state index contributed by atoms with van der Waals surface area (Å²) in [5.74, 6) is 0. The van der Waals surface area contributed by atoms with Gasteiger partial charge < -0.3 is 0 Å². The third kappa shape index (κ3) is 4.43. The molecule has 0 fully saturated rings. The molecule has 0 bridgehead atoms. The number of hydrogen-bond donors (Lipinski definition) is 0. The van der Waals surface area contributed by atoms with Crippen LogP contribution in [0.3, 0.4) is 0 Å². The summed E-state index contributed by atoms with van der Waals surface area (Å²) >= 11 is 0. The van der Waals surface area contributed by atoms with Crippen molar-refractivity contribution in [2.45, 2.75) is 0 Å². The molecule has 35 heavy (non-hydrogen) atoms. The third-order valence-corrected chi connectivity index (χ3v) is 5.92. The first kappa shape index (κ1) is 22.8. The van der Waals surface area contributed by atoms with Crippen molar-refractivity contribution in [1.29, 1.82) is 0 Å². The van der Waals surface area contributed by atoms with Crippen molar-refractivity contribution in [2.75, 3.05) is 0 Å². The summed E-state index contributed by atoms with van der Waals surface area (Å²) in [5, 5.41) is 1.27. The molecule has 6 aromatic rings. The fraction of sp³-hybridized carbons (Fsp3) is 0. The molecule has 3 aromatic carbocycles. The zero-order valence-electron chi connectivity index (χ0n) is 18.7. The van der Waals surface area contributed by atoms with Crippen molar-refractivity contribution >= 4 is 10.9 Å². The number of fused-ring (bicyclic) bond motifs is 3. The summed E-state index contributed by atoms with van der Waals surface area (Å²) in [6.45, 7) is 0. The van der Waals surface area contributed by atoms with E-state index in [4.69, 9.17) is 4.98 Å². The van der Waals surface area contributed by atoms with Crippen molar-refractivity contribution in [2.24, 2.45) is 0 Å². The first-order chi connectivity index (χ1) is 16.9. The molecule has 0 atom stereocenters. The quantitative estimate of drug-likeness (QED) is 0.186. The third-order valence-electron chi connectivity index (χ3n) is 5.92. The van der Waals surface area contributed by atoms with Gasteiger partial charge >= 0.3 is 0 Å². The van der Waals surface area contributed by atoms with E-state index in [1.165, 1.54) is 27.6 Å². The van der Waals surface area contributed by atoms with Gasteiger partial charge in [-0.15, -0.1) is 35.9 Å². The molecule has 0 saturated heterocycles. The smallest absolute Gasteiger partial charge is 0.0886 e. The molecule has 0 spiro atoms. The Bertz CT molecular complexity index is 1550. The molecule has 0 aliphatic heterocycles. The molecule has 3 nitrogen and oxygen atoms in total. The van der Waals surface area contributed by atoms with Crippen molar-refractivity contribution < 1.29 is 21.1 Å². The largest absolute Gasteiger partial charge is 0.296 e. The molecule has 0 radical (unpaired) electrons. The minimum atomic E-state index is 0. The maximum Gasteiger partial charge on any atom is 0.0886 e. The maximum absolute atomic E-state index is 4.86. The topological polar surface area (TPSA) is 38.7 Å². The summed E-state index contributed by atoms with van der Waals surface area (Å²) in [6.07, 6.45) is 3.54. The van der Waals surface area contributed by atoms with Gasteiger partial charge in [0.15, 0.2) is 0 Å². The SMILES string of the molecule is [Pt].[c-]1ccccc1-c1cc2c3c(cccc3n1)-c1ccccc1-2.c1ccc(-c2ccccn2)nc1. The molecule has 7 rings (SSSR count). The maximum atomic E-state index is 4.86. The van der Waals surface area contributed by atoms with Gasteiger partial charge in [0.2, 0.25) is 0 Å². The Labute approximate surface area is 218 Å². The van der Waals surface area contributed by atoms with Gasteiger partial charge in [-0.3, -0.25) is 15.0 Å². The van der Waals surface area contributed by atoms with Crippen LogP contribution in [0, 0.1) is 6.07 Å². The average molecular weight is 630 g/mol. The van der Waals surface area contributed by atoms with Crippen LogP contribution in [0.4, 0.5) is 0 Å². The molecule has 0 amide bonds. The minimum absolute atomic E-state index is 0. The Morgan fingerprint density at radius 1 is 0.514 bits per heavy atom. The van der Waals surface area contributed by atoms with Crippen LogP contribution in [-0.2, 0) is 21.1 Å². The van der Waals surface area contributed by atoms with E-state index in [9.17, 15) is 0 Å². The van der Waals surface area contributed by atoms with Crippen molar-refractivity contribution in [1.82, 2.24) is 15.0 Å². The number of hydrogen-bond acceptors (Lipinski definition) is 3. The van der Waals surface area contributed by atoms with Crippen molar-refractivity contribution in [3.05, 3.63) is 128 Å². The summed E-state index contributed by atoms with van der Waals surface area (Å²) in [7, 11) is 0. The summed E-state index contributed by atoms with van der Waals surface area (Å²) < 4.78 is 0. The molecule has 0 unspecified atom stereocenters. The normalized spacial score (nSPS) is 10.6. The standard InChI is InChI=1S/C21H12N.C10H8N2.Pt/c1-2-7-14(8-3-1)20-13-18-16-10-5-4-9-15(16)17-11-6-12-19(22-20)21(17)18;1-3-7-11-9(5-1)10-6-2-4-8-12-10;/h1-7,9-13H;1-8H;/q-1;;. The molecule has 0 N–H and O–H groups in total. The van der Waals surface area contributed by atoms with Gasteiger partial charge in [-0.05, 0) is 58.3 Å². The molecule has 1 aliphatic carbocycles. The Kier molecular flexibility index (Phi) is 6.61. The van der Waals surface area contributed by atoms with Gasteiger partial charge in [-0.1, -0.05) is 54.6 Å². The molecule has 3 heterocycles. The molecule has 1 aliphatic rings. The van der Waals surface area contributed by atoms with E-state index in [-0.39, 0.29) is 21.1 Å². The van der Waals surface area contributed by atoms with Gasteiger partial charge in [-0.25, -0.2) is 0 Å². The Hall–Kier alpha value is -3.94. The Morgan fingerprint density at radius 3 is 1.77 bits per heavy atom. The Balaban J connectivity index is 0.000000167. The van der Waals surface area contributed by atoms with E-state index in [2.05, 4.69) is 70.6 Å². The van der Waals surface area contributed by atoms with Crippen LogP contribution in [-0.4, -0.2) is 15.0 Å². The Morgan fingerprint density at radius 2 is 1.14 bits per heavy atom. The van der Waals surface area contributed by atoms with Gasteiger partial charge in [0.25, 0.3) is 0 Å². The fourth-order valence-electron chi connectivity index (χ4n) is 4.40. The second kappa shape index (κ2) is 10.1. The molecule has 4 heteroatoms. The number of rotatable bonds is 2. The molecule has 0 saturated carbocycles. The van der Waals surface area contributed by atoms with E-state index < -0.39 is 0 Å². The number of benzene rings is 3. The van der Waals surface area contributed by atoms with E-state index in [0.717, 1.165) is 28.2 Å². The van der Waals surface area contributed by atoms with Gasteiger partial charge in [0.05, 0.1) is 16.9 Å². The van der Waals surface area contributed by atoms with Crippen molar-refractivity contribution in [3.63, 3.8) is 0 Å². The van der Waals surface area contributed by atoms with Crippen LogP contribution in [0.15, 0.2) is 122 Å². The van der Waals surface area contributed by atoms with E-state index >= 15 is 0 Å². The van der Waals surface area contributed by atoms with E-state index in [1.54, 1.807) is 12.4 Å². The average Bonchev–Trinajstić information content (AvgIpc) is 3.26. The van der Waals surface area contributed by atoms with Gasteiger partial charge in [0.1, 0.15) is 0 Å². The molecule has 3 aromatic heterocycles. The fourth-order valence-corrected chi connectivity index (χ4v) is 4.40. The van der Waals surface area contributed by atoms with Crippen LogP contribution < -0.4 is 0 Å². The molecular formula is C31H20N3Pt-. The number of pyridine rings is 3. The summed E-state index contributed by atoms with van der Waals surface area (Å²) in [6, 6.07) is 40.1. The van der Waals surface area contributed by atoms with Crippen LogP contribution in [0.25, 0.3) is 55.8 Å². The second-order valence-corrected chi connectivity index (χ2v) is 8.01. The zero-order valence-corrected chi connectivity index (χ0v) is 21.0. The first-order valence-corrected chi connectivity index (χ1v) is 11.2. The van der Waals surface area contributed by atoms with E-state index in [0.29, 0.717) is 0 Å². The summed E-state index contributed by atoms with van der Waals surface area (Å²) in [4.78, 5) is 13.2. The minimum Gasteiger partial charge on any atom is -0.296 e. The first-order valence-electron chi connectivity index (χ1n) is 11.2. The molecule has 170 valence electrons. The van der Waals surface area contributed by atoms with E-state index in [1.807, 2.05) is 54.6 Å². The monoisotopic (exact) mass is 629 g/mol. The van der Waals surface area contributed by atoms with Gasteiger partial charge in [-0.2, -0.15) is 0 Å². The van der Waals surface area contributed by atoms with Crippen LogP contribution in [0.2, 0.25) is 0 Å². The number of nitrogens with zero attached hydrogens (tertiary/aromatic N) is 3. The van der Waals surface area contributed by atoms with Gasteiger partial charge in [0, 0.05) is 38.8 Å². The second-order valence-electron chi connectivity index (χ2n) is 8.01. The van der Waals surface area contributed by atoms with Crippen LogP contribution in [0.5, 0.6) is 0 Å².